The standard InChI is InChI=1S/C16H18N6O/c1-2-23-12-7-9(6-10-8-21-16(19)22-15(10)18)11-4-3-5-20-14(11)13(12)17/h3-5,7-8H,2,6,17H2,1H3,(H4,18,19,21,22). The van der Waals surface area contributed by atoms with E-state index in [1.807, 2.05) is 25.1 Å². The molecule has 0 aliphatic rings. The Bertz CT molecular complexity index is 865. The highest BCUT2D eigenvalue weighted by molar-refractivity contribution is 5.95. The molecule has 7 heteroatoms. The zero-order chi connectivity index (χ0) is 16.4. The summed E-state index contributed by atoms with van der Waals surface area (Å²) in [4.78, 5) is 12.4. The lowest BCUT2D eigenvalue weighted by atomic mass is 10.00. The van der Waals surface area contributed by atoms with Crippen molar-refractivity contribution < 1.29 is 4.74 Å². The Morgan fingerprint density at radius 2 is 1.96 bits per heavy atom. The minimum absolute atomic E-state index is 0.157. The summed E-state index contributed by atoms with van der Waals surface area (Å²) in [5, 5.41) is 0.949. The van der Waals surface area contributed by atoms with Crippen molar-refractivity contribution >= 4 is 28.4 Å². The predicted molar refractivity (Wildman–Crippen MR) is 91.0 cm³/mol. The molecule has 0 amide bonds. The van der Waals surface area contributed by atoms with Gasteiger partial charge in [-0.25, -0.2) is 4.98 Å². The summed E-state index contributed by atoms with van der Waals surface area (Å²) < 4.78 is 5.62. The van der Waals surface area contributed by atoms with Gasteiger partial charge in [0, 0.05) is 29.8 Å². The highest BCUT2D eigenvalue weighted by Crippen LogP contribution is 2.33. The third-order valence-electron chi connectivity index (χ3n) is 3.58. The van der Waals surface area contributed by atoms with Crippen molar-refractivity contribution in [3.63, 3.8) is 0 Å². The average molecular weight is 310 g/mol. The molecule has 1 aromatic carbocycles. The SMILES string of the molecule is CCOc1cc(Cc2cnc(N)nc2N)c2cccnc2c1N. The molecule has 3 rings (SSSR count). The first-order chi connectivity index (χ1) is 11.1. The van der Waals surface area contributed by atoms with Gasteiger partial charge in [-0.15, -0.1) is 0 Å². The molecule has 7 nitrogen and oxygen atoms in total. The minimum atomic E-state index is 0.157. The summed E-state index contributed by atoms with van der Waals surface area (Å²) in [6, 6.07) is 5.76. The van der Waals surface area contributed by atoms with Gasteiger partial charge in [0.1, 0.15) is 17.3 Å². The molecule has 2 aromatic heterocycles. The zero-order valence-corrected chi connectivity index (χ0v) is 12.8. The quantitative estimate of drug-likeness (QED) is 0.627. The molecule has 0 atom stereocenters. The maximum atomic E-state index is 6.16. The van der Waals surface area contributed by atoms with E-state index in [1.54, 1.807) is 12.4 Å². The van der Waals surface area contributed by atoms with Gasteiger partial charge >= 0.3 is 0 Å². The Kier molecular flexibility index (Phi) is 3.84. The largest absolute Gasteiger partial charge is 0.492 e. The van der Waals surface area contributed by atoms with E-state index in [9.17, 15) is 0 Å². The van der Waals surface area contributed by atoms with Crippen LogP contribution in [0.4, 0.5) is 17.5 Å². The van der Waals surface area contributed by atoms with Crippen molar-refractivity contribution in [2.45, 2.75) is 13.3 Å². The number of pyridine rings is 1. The molecule has 0 bridgehead atoms. The first-order valence-electron chi connectivity index (χ1n) is 7.26. The van der Waals surface area contributed by atoms with Crippen LogP contribution in [0.5, 0.6) is 5.75 Å². The summed E-state index contributed by atoms with van der Waals surface area (Å²) >= 11 is 0. The van der Waals surface area contributed by atoms with Crippen molar-refractivity contribution in [1.82, 2.24) is 15.0 Å². The van der Waals surface area contributed by atoms with Gasteiger partial charge in [-0.05, 0) is 24.6 Å². The second kappa shape index (κ2) is 5.96. The second-order valence-corrected chi connectivity index (χ2v) is 5.10. The third-order valence-corrected chi connectivity index (χ3v) is 3.58. The Labute approximate surface area is 133 Å². The summed E-state index contributed by atoms with van der Waals surface area (Å²) in [6.07, 6.45) is 3.88. The van der Waals surface area contributed by atoms with Crippen LogP contribution in [0.1, 0.15) is 18.1 Å². The number of benzene rings is 1. The lowest BCUT2D eigenvalue weighted by Gasteiger charge is -2.14. The molecule has 0 radical (unpaired) electrons. The van der Waals surface area contributed by atoms with Crippen LogP contribution in [0, 0.1) is 0 Å². The van der Waals surface area contributed by atoms with Crippen LogP contribution in [-0.4, -0.2) is 21.6 Å². The Hall–Kier alpha value is -3.09. The first-order valence-corrected chi connectivity index (χ1v) is 7.26. The molecule has 0 aliphatic carbocycles. The Balaban J connectivity index is 2.14. The molecule has 0 fully saturated rings. The molecule has 0 aliphatic heterocycles. The van der Waals surface area contributed by atoms with Gasteiger partial charge in [-0.1, -0.05) is 6.07 Å². The van der Waals surface area contributed by atoms with Crippen LogP contribution in [0.25, 0.3) is 10.9 Å². The van der Waals surface area contributed by atoms with E-state index in [0.717, 1.165) is 16.5 Å². The molecule has 6 N–H and O–H groups in total. The van der Waals surface area contributed by atoms with Crippen LogP contribution < -0.4 is 21.9 Å². The van der Waals surface area contributed by atoms with Crippen molar-refractivity contribution in [3.05, 3.63) is 41.7 Å². The topological polar surface area (TPSA) is 126 Å². The van der Waals surface area contributed by atoms with Gasteiger partial charge in [-0.2, -0.15) is 4.98 Å². The highest BCUT2D eigenvalue weighted by atomic mass is 16.5. The number of fused-ring (bicyclic) bond motifs is 1. The number of anilines is 3. The van der Waals surface area contributed by atoms with E-state index in [2.05, 4.69) is 15.0 Å². The summed E-state index contributed by atoms with van der Waals surface area (Å²) in [6.45, 7) is 2.43. The van der Waals surface area contributed by atoms with Gasteiger partial charge in [0.15, 0.2) is 0 Å². The Morgan fingerprint density at radius 3 is 2.70 bits per heavy atom. The predicted octanol–water partition coefficient (Wildman–Crippen LogP) is 1.76. The number of nitrogens with zero attached hydrogens (tertiary/aromatic N) is 3. The maximum absolute atomic E-state index is 6.16. The van der Waals surface area contributed by atoms with Gasteiger partial charge in [0.05, 0.1) is 12.1 Å². The average Bonchev–Trinajstić information content (AvgIpc) is 2.54. The number of aromatic nitrogens is 3. The van der Waals surface area contributed by atoms with Gasteiger partial charge in [0.25, 0.3) is 0 Å². The molecule has 0 unspecified atom stereocenters. The zero-order valence-electron chi connectivity index (χ0n) is 12.8. The minimum Gasteiger partial charge on any atom is -0.492 e. The van der Waals surface area contributed by atoms with Crippen LogP contribution in [-0.2, 0) is 6.42 Å². The fraction of sp³-hybridized carbons (Fsp3) is 0.188. The van der Waals surface area contributed by atoms with Gasteiger partial charge < -0.3 is 21.9 Å². The summed E-state index contributed by atoms with van der Waals surface area (Å²) in [5.41, 5.74) is 20.7. The van der Waals surface area contributed by atoms with Crippen LogP contribution in [0.2, 0.25) is 0 Å². The molecule has 2 heterocycles. The smallest absolute Gasteiger partial charge is 0.221 e. The van der Waals surface area contributed by atoms with Gasteiger partial charge in [0.2, 0.25) is 5.95 Å². The van der Waals surface area contributed by atoms with E-state index in [4.69, 9.17) is 21.9 Å². The molecule has 0 saturated carbocycles. The van der Waals surface area contributed by atoms with E-state index in [1.165, 1.54) is 0 Å². The highest BCUT2D eigenvalue weighted by Gasteiger charge is 2.13. The summed E-state index contributed by atoms with van der Waals surface area (Å²) in [5.74, 6) is 1.14. The first kappa shape index (κ1) is 14.8. The fourth-order valence-electron chi connectivity index (χ4n) is 2.51. The molecule has 23 heavy (non-hydrogen) atoms. The number of rotatable bonds is 4. The molecule has 0 spiro atoms. The normalized spacial score (nSPS) is 10.8. The molecular formula is C16H18N6O. The molecular weight excluding hydrogens is 292 g/mol. The maximum Gasteiger partial charge on any atom is 0.221 e. The number of ether oxygens (including phenoxy) is 1. The van der Waals surface area contributed by atoms with Crippen molar-refractivity contribution in [1.29, 1.82) is 0 Å². The van der Waals surface area contributed by atoms with E-state index >= 15 is 0 Å². The fourth-order valence-corrected chi connectivity index (χ4v) is 2.51. The molecule has 3 aromatic rings. The van der Waals surface area contributed by atoms with Crippen molar-refractivity contribution in [2.75, 3.05) is 23.8 Å². The number of nitrogens with two attached hydrogens (primary N) is 3. The van der Waals surface area contributed by atoms with E-state index in [-0.39, 0.29) is 5.95 Å². The molecule has 0 saturated heterocycles. The number of hydrogen-bond acceptors (Lipinski definition) is 7. The second-order valence-electron chi connectivity index (χ2n) is 5.10. The molecule has 118 valence electrons. The summed E-state index contributed by atoms with van der Waals surface area (Å²) in [7, 11) is 0. The monoisotopic (exact) mass is 310 g/mol. The van der Waals surface area contributed by atoms with Crippen molar-refractivity contribution in [2.24, 2.45) is 0 Å². The lowest BCUT2D eigenvalue weighted by molar-refractivity contribution is 0.342. The van der Waals surface area contributed by atoms with Crippen LogP contribution >= 0.6 is 0 Å². The Morgan fingerprint density at radius 1 is 1.13 bits per heavy atom. The van der Waals surface area contributed by atoms with Gasteiger partial charge in [-0.3, -0.25) is 4.98 Å². The lowest BCUT2D eigenvalue weighted by Crippen LogP contribution is -2.05. The van der Waals surface area contributed by atoms with E-state index < -0.39 is 0 Å². The van der Waals surface area contributed by atoms with Crippen LogP contribution in [0.15, 0.2) is 30.6 Å². The third kappa shape index (κ3) is 2.80. The van der Waals surface area contributed by atoms with Crippen LogP contribution in [0.3, 0.4) is 0 Å². The van der Waals surface area contributed by atoms with Crippen molar-refractivity contribution in [3.8, 4) is 5.75 Å². The number of hydrogen-bond donors (Lipinski definition) is 3. The number of nitrogen functional groups attached to an aromatic ring is 3. The van der Waals surface area contributed by atoms with E-state index in [0.29, 0.717) is 35.8 Å².